The molecule has 2 heterocycles. The zero-order chi connectivity index (χ0) is 18.5. The first-order valence-corrected chi connectivity index (χ1v) is 9.73. The van der Waals surface area contributed by atoms with E-state index in [2.05, 4.69) is 11.0 Å². The molecule has 0 aliphatic carbocycles. The van der Waals surface area contributed by atoms with Gasteiger partial charge in [-0.15, -0.1) is 11.3 Å². The average molecular weight is 374 g/mol. The van der Waals surface area contributed by atoms with E-state index >= 15 is 0 Å². The standard InChI is InChI=1S/C20H23FN2O2S/c1-15-13-16(4-6-18(15)21)19(24)14-22-8-10-23(11-9-22)20(25)7-5-17-3-2-12-26-17/h2-4,6,12-13H,5,7-11,14H2,1H3. The summed E-state index contributed by atoms with van der Waals surface area (Å²) in [7, 11) is 0. The van der Waals surface area contributed by atoms with Gasteiger partial charge in [0.25, 0.3) is 0 Å². The molecule has 1 saturated heterocycles. The van der Waals surface area contributed by atoms with Crippen molar-refractivity contribution in [2.75, 3.05) is 32.7 Å². The van der Waals surface area contributed by atoms with Gasteiger partial charge in [-0.25, -0.2) is 4.39 Å². The van der Waals surface area contributed by atoms with E-state index in [0.717, 1.165) is 6.42 Å². The number of carbonyl (C=O) groups is 2. The van der Waals surface area contributed by atoms with Crippen LogP contribution in [0.4, 0.5) is 4.39 Å². The number of Topliss-reactive ketones (excluding diaryl/α,β-unsaturated/α-hetero) is 1. The molecule has 0 spiro atoms. The zero-order valence-corrected chi connectivity index (χ0v) is 15.7. The largest absolute Gasteiger partial charge is 0.340 e. The number of halogens is 1. The molecule has 3 rings (SSSR count). The first-order valence-electron chi connectivity index (χ1n) is 8.85. The fourth-order valence-electron chi connectivity index (χ4n) is 3.11. The summed E-state index contributed by atoms with van der Waals surface area (Å²) in [5.74, 6) is -0.125. The maximum atomic E-state index is 13.3. The van der Waals surface area contributed by atoms with Crippen molar-refractivity contribution in [1.82, 2.24) is 9.80 Å². The van der Waals surface area contributed by atoms with Crippen LogP contribution in [0, 0.1) is 12.7 Å². The third-order valence-electron chi connectivity index (χ3n) is 4.74. The first kappa shape index (κ1) is 18.7. The summed E-state index contributed by atoms with van der Waals surface area (Å²) >= 11 is 1.68. The Morgan fingerprint density at radius 2 is 1.92 bits per heavy atom. The predicted octanol–water partition coefficient (Wildman–Crippen LogP) is 3.16. The third-order valence-corrected chi connectivity index (χ3v) is 5.67. The number of ketones is 1. The van der Waals surface area contributed by atoms with Crippen LogP contribution in [0.1, 0.15) is 27.2 Å². The Kier molecular flexibility index (Phi) is 6.16. The average Bonchev–Trinajstić information content (AvgIpc) is 3.16. The molecule has 1 fully saturated rings. The Morgan fingerprint density at radius 3 is 2.58 bits per heavy atom. The van der Waals surface area contributed by atoms with Crippen LogP contribution in [0.15, 0.2) is 35.7 Å². The lowest BCUT2D eigenvalue weighted by Gasteiger charge is -2.34. The number of amides is 1. The molecule has 1 aromatic heterocycles. The molecule has 0 unspecified atom stereocenters. The number of piperazine rings is 1. The second-order valence-corrected chi connectivity index (χ2v) is 7.66. The normalized spacial score (nSPS) is 15.2. The van der Waals surface area contributed by atoms with Gasteiger partial charge in [0.1, 0.15) is 5.82 Å². The molecule has 1 amide bonds. The van der Waals surface area contributed by atoms with Crippen LogP contribution in [-0.4, -0.2) is 54.2 Å². The van der Waals surface area contributed by atoms with Crippen molar-refractivity contribution in [3.63, 3.8) is 0 Å². The summed E-state index contributed by atoms with van der Waals surface area (Å²) in [6, 6.07) is 8.53. The van der Waals surface area contributed by atoms with Gasteiger partial charge in [0.05, 0.1) is 6.54 Å². The van der Waals surface area contributed by atoms with Crippen molar-refractivity contribution < 1.29 is 14.0 Å². The molecule has 0 atom stereocenters. The number of nitrogens with zero attached hydrogens (tertiary/aromatic N) is 2. The third kappa shape index (κ3) is 4.77. The van der Waals surface area contributed by atoms with Crippen LogP contribution >= 0.6 is 11.3 Å². The van der Waals surface area contributed by atoms with Crippen LogP contribution in [0.25, 0.3) is 0 Å². The summed E-state index contributed by atoms with van der Waals surface area (Å²) in [6.45, 7) is 4.65. The van der Waals surface area contributed by atoms with E-state index in [0.29, 0.717) is 50.3 Å². The quantitative estimate of drug-likeness (QED) is 0.730. The lowest BCUT2D eigenvalue weighted by molar-refractivity contribution is -0.132. The van der Waals surface area contributed by atoms with Crippen molar-refractivity contribution in [3.8, 4) is 0 Å². The number of hydrogen-bond donors (Lipinski definition) is 0. The minimum atomic E-state index is -0.295. The van der Waals surface area contributed by atoms with Crippen LogP contribution in [0.3, 0.4) is 0 Å². The van der Waals surface area contributed by atoms with Crippen LogP contribution < -0.4 is 0 Å². The van der Waals surface area contributed by atoms with Crippen molar-refractivity contribution in [3.05, 3.63) is 57.5 Å². The van der Waals surface area contributed by atoms with Gasteiger partial charge in [-0.05, 0) is 48.6 Å². The molecular formula is C20H23FN2O2S. The minimum Gasteiger partial charge on any atom is -0.340 e. The smallest absolute Gasteiger partial charge is 0.223 e. The highest BCUT2D eigenvalue weighted by Gasteiger charge is 2.22. The van der Waals surface area contributed by atoms with Gasteiger partial charge in [-0.2, -0.15) is 0 Å². The molecular weight excluding hydrogens is 351 g/mol. The van der Waals surface area contributed by atoms with E-state index in [-0.39, 0.29) is 17.5 Å². The van der Waals surface area contributed by atoms with Crippen LogP contribution in [0.2, 0.25) is 0 Å². The SMILES string of the molecule is Cc1cc(C(=O)CN2CCN(C(=O)CCc3cccs3)CC2)ccc1F. The molecule has 0 radical (unpaired) electrons. The van der Waals surface area contributed by atoms with Crippen molar-refractivity contribution in [2.45, 2.75) is 19.8 Å². The summed E-state index contributed by atoms with van der Waals surface area (Å²) in [4.78, 5) is 29.9. The van der Waals surface area contributed by atoms with E-state index in [9.17, 15) is 14.0 Å². The number of carbonyl (C=O) groups excluding carboxylic acids is 2. The summed E-state index contributed by atoms with van der Waals surface area (Å²) in [6.07, 6.45) is 1.33. The van der Waals surface area contributed by atoms with Gasteiger partial charge < -0.3 is 4.90 Å². The Labute approximate surface area is 157 Å². The molecule has 26 heavy (non-hydrogen) atoms. The summed E-state index contributed by atoms with van der Waals surface area (Å²) < 4.78 is 13.3. The monoisotopic (exact) mass is 374 g/mol. The molecule has 1 aromatic carbocycles. The molecule has 2 aromatic rings. The highest BCUT2D eigenvalue weighted by molar-refractivity contribution is 7.09. The first-order chi connectivity index (χ1) is 12.5. The van der Waals surface area contributed by atoms with Gasteiger partial charge in [-0.3, -0.25) is 14.5 Å². The number of thiophene rings is 1. The molecule has 0 N–H and O–H groups in total. The van der Waals surface area contributed by atoms with E-state index in [1.54, 1.807) is 24.3 Å². The molecule has 0 bridgehead atoms. The topological polar surface area (TPSA) is 40.6 Å². The van der Waals surface area contributed by atoms with Crippen molar-refractivity contribution in [2.24, 2.45) is 0 Å². The van der Waals surface area contributed by atoms with Gasteiger partial charge >= 0.3 is 0 Å². The number of rotatable bonds is 6. The predicted molar refractivity (Wildman–Crippen MR) is 101 cm³/mol. The fourth-order valence-corrected chi connectivity index (χ4v) is 3.82. The number of aryl methyl sites for hydroxylation is 2. The molecule has 138 valence electrons. The number of hydrogen-bond acceptors (Lipinski definition) is 4. The lowest BCUT2D eigenvalue weighted by Crippen LogP contribution is -2.49. The van der Waals surface area contributed by atoms with Gasteiger partial charge in [-0.1, -0.05) is 6.07 Å². The molecule has 1 aliphatic heterocycles. The fraction of sp³-hybridized carbons (Fsp3) is 0.400. The molecule has 0 saturated carbocycles. The second kappa shape index (κ2) is 8.56. The van der Waals surface area contributed by atoms with Crippen LogP contribution in [0.5, 0.6) is 0 Å². The van der Waals surface area contributed by atoms with E-state index in [4.69, 9.17) is 0 Å². The molecule has 6 heteroatoms. The summed E-state index contributed by atoms with van der Waals surface area (Å²) in [5.41, 5.74) is 1.02. The Balaban J connectivity index is 1.45. The van der Waals surface area contributed by atoms with E-state index in [1.807, 2.05) is 16.3 Å². The maximum Gasteiger partial charge on any atom is 0.223 e. The zero-order valence-electron chi connectivity index (χ0n) is 14.9. The lowest BCUT2D eigenvalue weighted by atomic mass is 10.1. The maximum absolute atomic E-state index is 13.3. The Bertz CT molecular complexity index is 768. The molecule has 4 nitrogen and oxygen atoms in total. The highest BCUT2D eigenvalue weighted by atomic mass is 32.1. The Morgan fingerprint density at radius 1 is 1.15 bits per heavy atom. The Hall–Kier alpha value is -2.05. The van der Waals surface area contributed by atoms with Crippen molar-refractivity contribution >= 4 is 23.0 Å². The van der Waals surface area contributed by atoms with Crippen LogP contribution in [-0.2, 0) is 11.2 Å². The van der Waals surface area contributed by atoms with Gasteiger partial charge in [0.15, 0.2) is 5.78 Å². The second-order valence-electron chi connectivity index (χ2n) is 6.62. The summed E-state index contributed by atoms with van der Waals surface area (Å²) in [5, 5.41) is 2.03. The number of benzene rings is 1. The van der Waals surface area contributed by atoms with Gasteiger partial charge in [0.2, 0.25) is 5.91 Å². The minimum absolute atomic E-state index is 0.00873. The van der Waals surface area contributed by atoms with E-state index < -0.39 is 0 Å². The molecule has 1 aliphatic rings. The highest BCUT2D eigenvalue weighted by Crippen LogP contribution is 2.14. The van der Waals surface area contributed by atoms with Crippen molar-refractivity contribution in [1.29, 1.82) is 0 Å². The van der Waals surface area contributed by atoms with E-state index in [1.165, 1.54) is 17.0 Å². The van der Waals surface area contributed by atoms with Gasteiger partial charge in [0, 0.05) is 43.0 Å².